The van der Waals surface area contributed by atoms with Gasteiger partial charge in [0, 0.05) is 18.8 Å². The Hall–Kier alpha value is -1.46. The van der Waals surface area contributed by atoms with Gasteiger partial charge in [0.15, 0.2) is 0 Å². The predicted octanol–water partition coefficient (Wildman–Crippen LogP) is 1.36. The Morgan fingerprint density at radius 2 is 2.21 bits per heavy atom. The van der Waals surface area contributed by atoms with E-state index in [9.17, 15) is 9.90 Å². The van der Waals surface area contributed by atoms with E-state index in [0.717, 1.165) is 12.1 Å². The maximum Gasteiger partial charge on any atom is 0.339 e. The van der Waals surface area contributed by atoms with Gasteiger partial charge in [-0.1, -0.05) is 13.8 Å². The Labute approximate surface area is 114 Å². The summed E-state index contributed by atoms with van der Waals surface area (Å²) in [4.78, 5) is 15.4. The van der Waals surface area contributed by atoms with Crippen molar-refractivity contribution in [1.29, 1.82) is 0 Å². The van der Waals surface area contributed by atoms with Crippen LogP contribution in [0.4, 0.5) is 0 Å². The molecule has 0 amide bonds. The van der Waals surface area contributed by atoms with Crippen LogP contribution in [-0.4, -0.2) is 35.8 Å². The Kier molecular flexibility index (Phi) is 6.45. The predicted molar refractivity (Wildman–Crippen MR) is 72.7 cm³/mol. The van der Waals surface area contributed by atoms with Gasteiger partial charge in [-0.15, -0.1) is 0 Å². The van der Waals surface area contributed by atoms with E-state index in [-0.39, 0.29) is 18.6 Å². The molecule has 5 heteroatoms. The molecule has 1 rings (SSSR count). The number of carbonyl (C=O) groups excluding carboxylic acids is 1. The van der Waals surface area contributed by atoms with Gasteiger partial charge in [0.25, 0.3) is 0 Å². The summed E-state index contributed by atoms with van der Waals surface area (Å²) >= 11 is 0. The van der Waals surface area contributed by atoms with E-state index in [1.165, 1.54) is 13.3 Å². The highest BCUT2D eigenvalue weighted by atomic mass is 16.5. The molecule has 0 fully saturated rings. The second kappa shape index (κ2) is 7.86. The number of nitrogens with zero attached hydrogens (tertiary/aromatic N) is 1. The molecule has 106 valence electrons. The van der Waals surface area contributed by atoms with E-state index >= 15 is 0 Å². The fraction of sp³-hybridized carbons (Fsp3) is 0.571. The topological polar surface area (TPSA) is 71.5 Å². The number of hydrogen-bond donors (Lipinski definition) is 2. The number of nitrogens with one attached hydrogen (secondary N) is 1. The van der Waals surface area contributed by atoms with Crippen LogP contribution in [0.25, 0.3) is 0 Å². The highest BCUT2D eigenvalue weighted by molar-refractivity contribution is 5.88. The highest BCUT2D eigenvalue weighted by Gasteiger charge is 2.10. The SMILES string of the molecule is COC(=O)c1ccc(CNC(CO)CC(C)C)nc1. The van der Waals surface area contributed by atoms with Gasteiger partial charge in [-0.2, -0.15) is 0 Å². The minimum absolute atomic E-state index is 0.0714. The average Bonchev–Trinajstić information content (AvgIpc) is 2.42. The van der Waals surface area contributed by atoms with E-state index in [4.69, 9.17) is 0 Å². The molecule has 1 atom stereocenters. The van der Waals surface area contributed by atoms with Crippen molar-refractivity contribution in [2.45, 2.75) is 32.9 Å². The monoisotopic (exact) mass is 266 g/mol. The summed E-state index contributed by atoms with van der Waals surface area (Å²) in [6, 6.07) is 3.54. The number of rotatable bonds is 7. The molecule has 0 aromatic carbocycles. The van der Waals surface area contributed by atoms with E-state index in [1.54, 1.807) is 12.1 Å². The van der Waals surface area contributed by atoms with Gasteiger partial charge in [-0.25, -0.2) is 4.79 Å². The minimum atomic E-state index is -0.389. The molecule has 0 saturated heterocycles. The Bertz CT molecular complexity index is 390. The molecular weight excluding hydrogens is 244 g/mol. The summed E-state index contributed by atoms with van der Waals surface area (Å²) in [5.74, 6) is 0.138. The molecule has 0 saturated carbocycles. The number of aromatic nitrogens is 1. The van der Waals surface area contributed by atoms with Crippen LogP contribution in [0.5, 0.6) is 0 Å². The van der Waals surface area contributed by atoms with Crippen molar-refractivity contribution < 1.29 is 14.6 Å². The second-order valence-corrected chi connectivity index (χ2v) is 4.92. The summed E-state index contributed by atoms with van der Waals surface area (Å²) in [7, 11) is 1.34. The second-order valence-electron chi connectivity index (χ2n) is 4.92. The lowest BCUT2D eigenvalue weighted by molar-refractivity contribution is 0.0600. The molecule has 5 nitrogen and oxygen atoms in total. The third kappa shape index (κ3) is 5.36. The first kappa shape index (κ1) is 15.6. The van der Waals surface area contributed by atoms with Gasteiger partial charge in [0.05, 0.1) is 25.0 Å². The van der Waals surface area contributed by atoms with Crippen LogP contribution >= 0.6 is 0 Å². The van der Waals surface area contributed by atoms with Gasteiger partial charge >= 0.3 is 5.97 Å². The zero-order valence-corrected chi connectivity index (χ0v) is 11.7. The fourth-order valence-corrected chi connectivity index (χ4v) is 1.81. The maximum atomic E-state index is 11.2. The number of aliphatic hydroxyl groups excluding tert-OH is 1. The molecule has 0 aliphatic rings. The number of methoxy groups -OCH3 is 1. The van der Waals surface area contributed by atoms with E-state index in [0.29, 0.717) is 18.0 Å². The van der Waals surface area contributed by atoms with E-state index in [2.05, 4.69) is 28.9 Å². The van der Waals surface area contributed by atoms with Crippen LogP contribution in [0.2, 0.25) is 0 Å². The molecule has 1 unspecified atom stereocenters. The first-order chi connectivity index (χ1) is 9.06. The molecule has 1 heterocycles. The van der Waals surface area contributed by atoms with Gasteiger partial charge in [0.2, 0.25) is 0 Å². The number of hydrogen-bond acceptors (Lipinski definition) is 5. The molecule has 0 bridgehead atoms. The van der Waals surface area contributed by atoms with Crippen LogP contribution in [-0.2, 0) is 11.3 Å². The number of ether oxygens (including phenoxy) is 1. The third-order valence-electron chi connectivity index (χ3n) is 2.79. The maximum absolute atomic E-state index is 11.2. The number of pyridine rings is 1. The van der Waals surface area contributed by atoms with Crippen LogP contribution in [0.3, 0.4) is 0 Å². The fourth-order valence-electron chi connectivity index (χ4n) is 1.81. The standard InChI is InChI=1S/C14H22N2O3/c1-10(2)6-13(9-17)16-8-12-5-4-11(7-15-12)14(18)19-3/h4-5,7,10,13,16-17H,6,8-9H2,1-3H3. The molecule has 1 aromatic heterocycles. The molecular formula is C14H22N2O3. The zero-order valence-electron chi connectivity index (χ0n) is 11.7. The van der Waals surface area contributed by atoms with E-state index in [1.807, 2.05) is 0 Å². The first-order valence-corrected chi connectivity index (χ1v) is 6.44. The summed E-state index contributed by atoms with van der Waals surface area (Å²) in [5, 5.41) is 12.5. The zero-order chi connectivity index (χ0) is 14.3. The smallest absolute Gasteiger partial charge is 0.339 e. The minimum Gasteiger partial charge on any atom is -0.465 e. The molecule has 0 aliphatic carbocycles. The number of aliphatic hydroxyl groups is 1. The molecule has 0 spiro atoms. The van der Waals surface area contributed by atoms with Crippen molar-refractivity contribution in [2.24, 2.45) is 5.92 Å². The van der Waals surface area contributed by atoms with Crippen LogP contribution in [0.15, 0.2) is 18.3 Å². The van der Waals surface area contributed by atoms with Gasteiger partial charge < -0.3 is 15.2 Å². The normalized spacial score (nSPS) is 12.5. The van der Waals surface area contributed by atoms with E-state index < -0.39 is 0 Å². The van der Waals surface area contributed by atoms with Crippen molar-refractivity contribution in [3.8, 4) is 0 Å². The van der Waals surface area contributed by atoms with Crippen molar-refractivity contribution in [3.05, 3.63) is 29.6 Å². The summed E-state index contributed by atoms with van der Waals surface area (Å²) in [5.41, 5.74) is 1.27. The third-order valence-corrected chi connectivity index (χ3v) is 2.79. The molecule has 1 aromatic rings. The largest absolute Gasteiger partial charge is 0.465 e. The highest BCUT2D eigenvalue weighted by Crippen LogP contribution is 2.06. The number of carbonyl (C=O) groups is 1. The lowest BCUT2D eigenvalue weighted by Gasteiger charge is -2.17. The lowest BCUT2D eigenvalue weighted by atomic mass is 10.0. The average molecular weight is 266 g/mol. The van der Waals surface area contributed by atoms with Crippen LogP contribution in [0, 0.1) is 5.92 Å². The van der Waals surface area contributed by atoms with Crippen molar-refractivity contribution in [1.82, 2.24) is 10.3 Å². The number of esters is 1. The summed E-state index contributed by atoms with van der Waals surface area (Å²) in [6.07, 6.45) is 2.41. The summed E-state index contributed by atoms with van der Waals surface area (Å²) in [6.45, 7) is 4.92. The Morgan fingerprint density at radius 3 is 2.68 bits per heavy atom. The lowest BCUT2D eigenvalue weighted by Crippen LogP contribution is -2.33. The van der Waals surface area contributed by atoms with Gasteiger partial charge in [0.1, 0.15) is 0 Å². The molecule has 0 radical (unpaired) electrons. The van der Waals surface area contributed by atoms with Gasteiger partial charge in [-0.05, 0) is 24.5 Å². The van der Waals surface area contributed by atoms with Crippen LogP contribution < -0.4 is 5.32 Å². The Balaban J connectivity index is 2.51. The molecule has 2 N–H and O–H groups in total. The van der Waals surface area contributed by atoms with Crippen LogP contribution in [0.1, 0.15) is 36.3 Å². The molecule has 19 heavy (non-hydrogen) atoms. The Morgan fingerprint density at radius 1 is 1.47 bits per heavy atom. The van der Waals surface area contributed by atoms with Crippen molar-refractivity contribution in [3.63, 3.8) is 0 Å². The van der Waals surface area contributed by atoms with Crippen molar-refractivity contribution >= 4 is 5.97 Å². The quantitative estimate of drug-likeness (QED) is 0.729. The molecule has 0 aliphatic heterocycles. The summed E-state index contributed by atoms with van der Waals surface area (Å²) < 4.78 is 4.61. The van der Waals surface area contributed by atoms with Gasteiger partial charge in [-0.3, -0.25) is 4.98 Å². The first-order valence-electron chi connectivity index (χ1n) is 6.44. The van der Waals surface area contributed by atoms with Crippen molar-refractivity contribution in [2.75, 3.05) is 13.7 Å².